The van der Waals surface area contributed by atoms with Crippen molar-refractivity contribution in [2.45, 2.75) is 0 Å². The highest BCUT2D eigenvalue weighted by Crippen LogP contribution is 1.89. The topological polar surface area (TPSA) is 49.0 Å². The molecule has 0 amide bonds. The van der Waals surface area contributed by atoms with Crippen molar-refractivity contribution in [2.24, 2.45) is 4.99 Å². The average Bonchev–Trinajstić information content (AvgIpc) is 2.03. The molecule has 0 N–H and O–H groups in total. The van der Waals surface area contributed by atoms with E-state index in [1.807, 2.05) is 6.07 Å². The maximum absolute atomic E-state index is 8.06. The summed E-state index contributed by atoms with van der Waals surface area (Å²) in [6, 6.07) is 3.62. The van der Waals surface area contributed by atoms with E-state index < -0.39 is 0 Å². The lowest BCUT2D eigenvalue weighted by Crippen LogP contribution is -1.79. The monoisotopic (exact) mass is 131 g/mol. The Balaban J connectivity index is 2.79. The van der Waals surface area contributed by atoms with E-state index in [0.29, 0.717) is 0 Å². The molecule has 0 aliphatic rings. The van der Waals surface area contributed by atoms with Gasteiger partial charge in [0.1, 0.15) is 0 Å². The van der Waals surface area contributed by atoms with Crippen molar-refractivity contribution in [3.8, 4) is 6.19 Å². The van der Waals surface area contributed by atoms with Crippen LogP contribution in [0.5, 0.6) is 0 Å². The highest BCUT2D eigenvalue weighted by molar-refractivity contribution is 5.79. The normalized spacial score (nSPS) is 9.50. The highest BCUT2D eigenvalue weighted by Gasteiger charge is 1.81. The highest BCUT2D eigenvalue weighted by atomic mass is 14.7. The molecule has 0 fully saturated rings. The predicted molar refractivity (Wildman–Crippen MR) is 37.4 cm³/mol. The largest absolute Gasteiger partial charge is 0.264 e. The Kier molecular flexibility index (Phi) is 2.16. The summed E-state index contributed by atoms with van der Waals surface area (Å²) in [5.74, 6) is 0. The smallest absolute Gasteiger partial charge is 0.205 e. The lowest BCUT2D eigenvalue weighted by atomic mass is 10.3. The molecule has 10 heavy (non-hydrogen) atoms. The van der Waals surface area contributed by atoms with Crippen molar-refractivity contribution in [2.75, 3.05) is 0 Å². The predicted octanol–water partition coefficient (Wildman–Crippen LogP) is 0.982. The van der Waals surface area contributed by atoms with Crippen LogP contribution >= 0.6 is 0 Å². The first kappa shape index (κ1) is 6.43. The SMILES string of the molecule is N#CN=Cc1cccnc1. The zero-order valence-corrected chi connectivity index (χ0v) is 5.23. The first-order valence-electron chi connectivity index (χ1n) is 2.75. The van der Waals surface area contributed by atoms with Crippen LogP contribution in [-0.2, 0) is 0 Å². The minimum absolute atomic E-state index is 0.837. The fourth-order valence-electron chi connectivity index (χ4n) is 0.556. The summed E-state index contributed by atoms with van der Waals surface area (Å²) in [4.78, 5) is 7.22. The maximum atomic E-state index is 8.06. The molecule has 0 saturated heterocycles. The van der Waals surface area contributed by atoms with Crippen LogP contribution in [0.3, 0.4) is 0 Å². The lowest BCUT2D eigenvalue weighted by molar-refractivity contribution is 1.32. The van der Waals surface area contributed by atoms with Gasteiger partial charge in [-0.1, -0.05) is 6.07 Å². The maximum Gasteiger partial charge on any atom is 0.205 e. The summed E-state index contributed by atoms with van der Waals surface area (Å²) >= 11 is 0. The van der Waals surface area contributed by atoms with Crippen molar-refractivity contribution in [3.05, 3.63) is 30.1 Å². The Morgan fingerprint density at radius 3 is 3.20 bits per heavy atom. The van der Waals surface area contributed by atoms with Gasteiger partial charge in [-0.2, -0.15) is 10.3 Å². The molecule has 0 saturated carbocycles. The molecule has 0 aromatic carbocycles. The number of nitriles is 1. The Morgan fingerprint density at radius 1 is 1.70 bits per heavy atom. The van der Waals surface area contributed by atoms with Gasteiger partial charge in [0.05, 0.1) is 0 Å². The number of hydrogen-bond donors (Lipinski definition) is 0. The van der Waals surface area contributed by atoms with Crippen molar-refractivity contribution in [3.63, 3.8) is 0 Å². The van der Waals surface area contributed by atoms with Gasteiger partial charge in [0.25, 0.3) is 0 Å². The minimum Gasteiger partial charge on any atom is -0.264 e. The van der Waals surface area contributed by atoms with Gasteiger partial charge in [-0.3, -0.25) is 4.98 Å². The van der Waals surface area contributed by atoms with E-state index in [1.165, 1.54) is 6.21 Å². The molecule has 1 aromatic heterocycles. The van der Waals surface area contributed by atoms with Crippen molar-refractivity contribution < 1.29 is 0 Å². The van der Waals surface area contributed by atoms with Gasteiger partial charge in [0.15, 0.2) is 0 Å². The minimum atomic E-state index is 0.837. The van der Waals surface area contributed by atoms with Gasteiger partial charge in [0.2, 0.25) is 6.19 Å². The number of rotatable bonds is 1. The number of aromatic nitrogens is 1. The molecular formula is C7H5N3. The van der Waals surface area contributed by atoms with E-state index in [2.05, 4.69) is 9.98 Å². The van der Waals surface area contributed by atoms with Crippen LogP contribution in [0.25, 0.3) is 0 Å². The summed E-state index contributed by atoms with van der Waals surface area (Å²) in [5, 5.41) is 8.06. The quantitative estimate of drug-likeness (QED) is 0.421. The van der Waals surface area contributed by atoms with Crippen LogP contribution in [0.2, 0.25) is 0 Å². The van der Waals surface area contributed by atoms with Crippen molar-refractivity contribution >= 4 is 6.21 Å². The van der Waals surface area contributed by atoms with Crippen LogP contribution in [0.4, 0.5) is 0 Å². The molecule has 48 valence electrons. The average molecular weight is 131 g/mol. The van der Waals surface area contributed by atoms with Crippen molar-refractivity contribution in [1.82, 2.24) is 4.98 Å². The second-order valence-electron chi connectivity index (χ2n) is 1.64. The zero-order chi connectivity index (χ0) is 7.23. The summed E-state index contributed by atoms with van der Waals surface area (Å²) in [6.45, 7) is 0. The van der Waals surface area contributed by atoms with Gasteiger partial charge >= 0.3 is 0 Å². The fourth-order valence-corrected chi connectivity index (χ4v) is 0.556. The van der Waals surface area contributed by atoms with Crippen LogP contribution in [0, 0.1) is 11.5 Å². The van der Waals surface area contributed by atoms with E-state index in [4.69, 9.17) is 5.26 Å². The van der Waals surface area contributed by atoms with Gasteiger partial charge in [-0.25, -0.2) is 0 Å². The fraction of sp³-hybridized carbons (Fsp3) is 0. The molecule has 0 unspecified atom stereocenters. The van der Waals surface area contributed by atoms with E-state index in [0.717, 1.165) is 5.56 Å². The molecule has 1 rings (SSSR count). The number of nitrogens with zero attached hydrogens (tertiary/aromatic N) is 3. The molecule has 0 aliphatic heterocycles. The summed E-state index contributed by atoms with van der Waals surface area (Å²) in [5.41, 5.74) is 0.837. The molecule has 0 bridgehead atoms. The molecule has 0 spiro atoms. The molecule has 0 radical (unpaired) electrons. The zero-order valence-electron chi connectivity index (χ0n) is 5.23. The van der Waals surface area contributed by atoms with Gasteiger partial charge in [-0.15, -0.1) is 0 Å². The molecule has 3 nitrogen and oxygen atoms in total. The molecular weight excluding hydrogens is 126 g/mol. The third-order valence-electron chi connectivity index (χ3n) is 0.956. The first-order chi connectivity index (χ1) is 4.93. The number of pyridine rings is 1. The Hall–Kier alpha value is -1.69. The molecule has 0 atom stereocenters. The molecule has 0 aliphatic carbocycles. The van der Waals surface area contributed by atoms with E-state index >= 15 is 0 Å². The van der Waals surface area contributed by atoms with Crippen LogP contribution in [0.1, 0.15) is 5.56 Å². The second-order valence-corrected chi connectivity index (χ2v) is 1.64. The van der Waals surface area contributed by atoms with Crippen molar-refractivity contribution in [1.29, 1.82) is 5.26 Å². The van der Waals surface area contributed by atoms with Gasteiger partial charge in [0, 0.05) is 24.2 Å². The van der Waals surface area contributed by atoms with Crippen LogP contribution < -0.4 is 0 Å². The summed E-state index contributed by atoms with van der Waals surface area (Å²) < 4.78 is 0. The number of aliphatic imine (C=N–C) groups is 1. The summed E-state index contributed by atoms with van der Waals surface area (Å²) in [7, 11) is 0. The second kappa shape index (κ2) is 3.36. The van der Waals surface area contributed by atoms with Gasteiger partial charge < -0.3 is 0 Å². The third kappa shape index (κ3) is 1.67. The Morgan fingerprint density at radius 2 is 2.60 bits per heavy atom. The molecule has 3 heteroatoms. The summed E-state index contributed by atoms with van der Waals surface area (Å²) in [6.07, 6.45) is 6.43. The Bertz CT molecular complexity index is 258. The van der Waals surface area contributed by atoms with E-state index in [1.54, 1.807) is 24.7 Å². The lowest BCUT2D eigenvalue weighted by Gasteiger charge is -1.84. The van der Waals surface area contributed by atoms with Gasteiger partial charge in [-0.05, 0) is 6.07 Å². The Labute approximate surface area is 58.7 Å². The van der Waals surface area contributed by atoms with E-state index in [-0.39, 0.29) is 0 Å². The van der Waals surface area contributed by atoms with E-state index in [9.17, 15) is 0 Å². The standard InChI is InChI=1S/C7H5N3/c8-6-10-5-7-2-1-3-9-4-7/h1-5H. The van der Waals surface area contributed by atoms with Crippen LogP contribution in [0.15, 0.2) is 29.5 Å². The third-order valence-corrected chi connectivity index (χ3v) is 0.956. The molecule has 1 aromatic rings. The number of hydrogen-bond acceptors (Lipinski definition) is 3. The van der Waals surface area contributed by atoms with Crippen LogP contribution in [-0.4, -0.2) is 11.2 Å². The first-order valence-corrected chi connectivity index (χ1v) is 2.75. The molecule has 1 heterocycles.